The van der Waals surface area contributed by atoms with Crippen molar-refractivity contribution < 1.29 is 14.7 Å². The Hall–Kier alpha value is -2.94. The van der Waals surface area contributed by atoms with E-state index in [1.807, 2.05) is 13.0 Å². The number of phenols is 1. The quantitative estimate of drug-likeness (QED) is 0.460. The lowest BCUT2D eigenvalue weighted by Gasteiger charge is -2.11. The van der Waals surface area contributed by atoms with Gasteiger partial charge >= 0.3 is 0 Å². The molecular weight excluding hydrogens is 288 g/mol. The maximum atomic E-state index is 11.9. The van der Waals surface area contributed by atoms with Gasteiger partial charge in [0.2, 0.25) is 0 Å². The average Bonchev–Trinajstić information content (AvgIpc) is 3.05. The highest BCUT2D eigenvalue weighted by molar-refractivity contribution is 6.02. The van der Waals surface area contributed by atoms with Crippen LogP contribution in [-0.2, 0) is 11.3 Å². The van der Waals surface area contributed by atoms with E-state index in [1.165, 1.54) is 13.3 Å². The second-order valence-electron chi connectivity index (χ2n) is 4.28. The monoisotopic (exact) mass is 304 g/mol. The zero-order valence-corrected chi connectivity index (χ0v) is 12.1. The SMILES string of the molecule is CCc1cc(C=CNOC)c(O)c(NC(=O)c2nn[nH]n2)c1. The number of phenolic OH excluding ortho intramolecular Hbond substituents is 1. The molecule has 0 aliphatic heterocycles. The number of tetrazole rings is 1. The van der Waals surface area contributed by atoms with Gasteiger partial charge in [0.05, 0.1) is 12.8 Å². The normalized spacial score (nSPS) is 10.8. The molecule has 22 heavy (non-hydrogen) atoms. The summed E-state index contributed by atoms with van der Waals surface area (Å²) in [7, 11) is 1.48. The number of carbonyl (C=O) groups excluding carboxylic acids is 1. The molecule has 0 radical (unpaired) electrons. The van der Waals surface area contributed by atoms with Crippen LogP contribution in [0.15, 0.2) is 18.3 Å². The number of benzene rings is 1. The minimum Gasteiger partial charge on any atom is -0.505 e. The van der Waals surface area contributed by atoms with Gasteiger partial charge in [-0.25, -0.2) is 0 Å². The molecular formula is C13H16N6O3. The third-order valence-corrected chi connectivity index (χ3v) is 2.85. The summed E-state index contributed by atoms with van der Waals surface area (Å²) in [6, 6.07) is 3.50. The molecule has 0 saturated carbocycles. The van der Waals surface area contributed by atoms with Crippen LogP contribution in [0.4, 0.5) is 5.69 Å². The van der Waals surface area contributed by atoms with Gasteiger partial charge in [-0.05, 0) is 35.4 Å². The third kappa shape index (κ3) is 3.58. The lowest BCUT2D eigenvalue weighted by molar-refractivity contribution is 0.101. The molecule has 4 N–H and O–H groups in total. The van der Waals surface area contributed by atoms with Gasteiger partial charge in [-0.15, -0.1) is 10.2 Å². The number of carbonyl (C=O) groups is 1. The number of H-pyrrole nitrogens is 1. The van der Waals surface area contributed by atoms with E-state index in [4.69, 9.17) is 0 Å². The number of anilines is 1. The van der Waals surface area contributed by atoms with Crippen molar-refractivity contribution in [3.63, 3.8) is 0 Å². The standard InChI is InChI=1S/C13H16N6O3/c1-3-8-6-9(4-5-14-22-2)11(20)10(7-8)15-13(21)12-16-18-19-17-12/h4-7,14,20H,3H2,1-2H3,(H,15,21)(H,16,17,18,19). The Labute approximate surface area is 126 Å². The Morgan fingerprint density at radius 1 is 1.50 bits per heavy atom. The highest BCUT2D eigenvalue weighted by atomic mass is 16.6. The molecule has 0 spiro atoms. The fourth-order valence-electron chi connectivity index (χ4n) is 1.77. The highest BCUT2D eigenvalue weighted by Crippen LogP contribution is 2.31. The number of aromatic hydroxyl groups is 1. The number of nitrogens with one attached hydrogen (secondary N) is 3. The van der Waals surface area contributed by atoms with E-state index < -0.39 is 5.91 Å². The summed E-state index contributed by atoms with van der Waals surface area (Å²) in [5, 5.41) is 25.5. The summed E-state index contributed by atoms with van der Waals surface area (Å²) in [6.45, 7) is 1.97. The van der Waals surface area contributed by atoms with Crippen molar-refractivity contribution in [1.29, 1.82) is 0 Å². The number of aryl methyl sites for hydroxylation is 1. The molecule has 0 aliphatic carbocycles. The largest absolute Gasteiger partial charge is 0.505 e. The van der Waals surface area contributed by atoms with Crippen molar-refractivity contribution in [2.45, 2.75) is 13.3 Å². The Morgan fingerprint density at radius 3 is 2.95 bits per heavy atom. The van der Waals surface area contributed by atoms with E-state index in [-0.39, 0.29) is 17.3 Å². The predicted molar refractivity (Wildman–Crippen MR) is 78.8 cm³/mol. The number of aromatic amines is 1. The van der Waals surface area contributed by atoms with Crippen LogP contribution in [0.1, 0.15) is 28.7 Å². The second kappa shape index (κ2) is 7.18. The molecule has 1 aromatic heterocycles. The number of nitrogens with zero attached hydrogens (tertiary/aromatic N) is 3. The van der Waals surface area contributed by atoms with Crippen LogP contribution in [0.2, 0.25) is 0 Å². The first-order valence-electron chi connectivity index (χ1n) is 6.51. The number of aromatic nitrogens is 4. The molecule has 2 rings (SSSR count). The van der Waals surface area contributed by atoms with Crippen molar-refractivity contribution >= 4 is 17.7 Å². The smallest absolute Gasteiger partial charge is 0.297 e. The van der Waals surface area contributed by atoms with Crippen molar-refractivity contribution in [3.8, 4) is 5.75 Å². The van der Waals surface area contributed by atoms with Crippen LogP contribution in [0.3, 0.4) is 0 Å². The van der Waals surface area contributed by atoms with E-state index in [9.17, 15) is 9.90 Å². The summed E-state index contributed by atoms with van der Waals surface area (Å²) >= 11 is 0. The molecule has 0 bridgehead atoms. The molecule has 2 aromatic rings. The van der Waals surface area contributed by atoms with Crippen LogP contribution in [0.25, 0.3) is 6.08 Å². The molecule has 1 heterocycles. The van der Waals surface area contributed by atoms with Gasteiger partial charge in [0.1, 0.15) is 5.75 Å². The van der Waals surface area contributed by atoms with E-state index in [0.29, 0.717) is 5.56 Å². The molecule has 116 valence electrons. The Balaban J connectivity index is 2.29. The van der Waals surface area contributed by atoms with Crippen molar-refractivity contribution in [2.24, 2.45) is 0 Å². The van der Waals surface area contributed by atoms with Crippen LogP contribution in [-0.4, -0.2) is 38.7 Å². The fraction of sp³-hybridized carbons (Fsp3) is 0.231. The number of amides is 1. The second-order valence-corrected chi connectivity index (χ2v) is 4.28. The zero-order chi connectivity index (χ0) is 15.9. The maximum absolute atomic E-state index is 11.9. The molecule has 1 aromatic carbocycles. The van der Waals surface area contributed by atoms with Gasteiger partial charge in [-0.1, -0.05) is 6.92 Å². The van der Waals surface area contributed by atoms with E-state index in [2.05, 4.69) is 36.3 Å². The molecule has 0 aliphatic rings. The van der Waals surface area contributed by atoms with Gasteiger partial charge in [0.15, 0.2) is 0 Å². The fourth-order valence-corrected chi connectivity index (χ4v) is 1.77. The van der Waals surface area contributed by atoms with Crippen molar-refractivity contribution in [3.05, 3.63) is 35.3 Å². The molecule has 9 nitrogen and oxygen atoms in total. The Kier molecular flexibility index (Phi) is 5.04. The first-order valence-corrected chi connectivity index (χ1v) is 6.51. The van der Waals surface area contributed by atoms with E-state index in [0.717, 1.165) is 12.0 Å². The van der Waals surface area contributed by atoms with Crippen LogP contribution in [0, 0.1) is 0 Å². The average molecular weight is 304 g/mol. The van der Waals surface area contributed by atoms with Crippen LogP contribution >= 0.6 is 0 Å². The molecule has 0 saturated heterocycles. The molecule has 0 atom stereocenters. The first kappa shape index (κ1) is 15.4. The molecule has 9 heteroatoms. The predicted octanol–water partition coefficient (Wildman–Crippen LogP) is 0.842. The Bertz CT molecular complexity index is 669. The van der Waals surface area contributed by atoms with Gasteiger partial charge < -0.3 is 10.4 Å². The number of hydrogen-bond donors (Lipinski definition) is 4. The van der Waals surface area contributed by atoms with Crippen molar-refractivity contribution in [1.82, 2.24) is 26.1 Å². The van der Waals surface area contributed by atoms with Gasteiger partial charge in [-0.2, -0.15) is 5.21 Å². The third-order valence-electron chi connectivity index (χ3n) is 2.85. The van der Waals surface area contributed by atoms with E-state index >= 15 is 0 Å². The van der Waals surface area contributed by atoms with Gasteiger partial charge in [0.25, 0.3) is 11.7 Å². The summed E-state index contributed by atoms with van der Waals surface area (Å²) in [5.74, 6) is -0.745. The van der Waals surface area contributed by atoms with Crippen molar-refractivity contribution in [2.75, 3.05) is 12.4 Å². The topological polar surface area (TPSA) is 125 Å². The lowest BCUT2D eigenvalue weighted by atomic mass is 10.1. The number of hydroxylamine groups is 1. The summed E-state index contributed by atoms with van der Waals surface area (Å²) in [5.41, 5.74) is 4.28. The minimum absolute atomic E-state index is 0.0665. The number of hydrogen-bond acceptors (Lipinski definition) is 7. The van der Waals surface area contributed by atoms with Crippen LogP contribution < -0.4 is 10.8 Å². The minimum atomic E-state index is -0.567. The maximum Gasteiger partial charge on any atom is 0.297 e. The highest BCUT2D eigenvalue weighted by Gasteiger charge is 2.15. The summed E-state index contributed by atoms with van der Waals surface area (Å²) in [6.07, 6.45) is 3.89. The zero-order valence-electron chi connectivity index (χ0n) is 12.1. The molecule has 0 fully saturated rings. The van der Waals surface area contributed by atoms with E-state index in [1.54, 1.807) is 12.1 Å². The summed E-state index contributed by atoms with van der Waals surface area (Å²) in [4.78, 5) is 16.6. The Morgan fingerprint density at radius 2 is 2.32 bits per heavy atom. The molecule has 1 amide bonds. The number of rotatable bonds is 6. The summed E-state index contributed by atoms with van der Waals surface area (Å²) < 4.78 is 0. The van der Waals surface area contributed by atoms with Gasteiger partial charge in [0, 0.05) is 11.8 Å². The van der Waals surface area contributed by atoms with Crippen LogP contribution in [0.5, 0.6) is 5.75 Å². The van der Waals surface area contributed by atoms with Gasteiger partial charge in [-0.3, -0.25) is 15.1 Å². The first-order chi connectivity index (χ1) is 10.7. The molecule has 0 unspecified atom stereocenters. The lowest BCUT2D eigenvalue weighted by Crippen LogP contribution is -2.14.